The molecular formula is C21H27N5O2. The van der Waals surface area contributed by atoms with Crippen molar-refractivity contribution in [2.75, 3.05) is 25.0 Å². The van der Waals surface area contributed by atoms with Crippen molar-refractivity contribution in [3.8, 4) is 6.07 Å². The van der Waals surface area contributed by atoms with Crippen LogP contribution in [0.2, 0.25) is 0 Å². The first-order valence-electron chi connectivity index (χ1n) is 10.2. The number of carbonyl (C=O) groups excluding carboxylic acids is 2. The fourth-order valence-electron chi connectivity index (χ4n) is 4.79. The Kier molecular flexibility index (Phi) is 5.49. The highest BCUT2D eigenvalue weighted by Crippen LogP contribution is 2.29. The number of hydrogen-bond donors (Lipinski definition) is 2. The molecule has 7 nitrogen and oxygen atoms in total. The van der Waals surface area contributed by atoms with Crippen molar-refractivity contribution in [1.29, 1.82) is 5.26 Å². The lowest BCUT2D eigenvalue weighted by Gasteiger charge is -2.40. The maximum Gasteiger partial charge on any atom is 0.319 e. The van der Waals surface area contributed by atoms with Crippen LogP contribution in [0.3, 0.4) is 0 Å². The molecule has 1 aromatic carbocycles. The van der Waals surface area contributed by atoms with Crippen molar-refractivity contribution < 1.29 is 9.59 Å². The molecule has 3 aliphatic rings. The van der Waals surface area contributed by atoms with Crippen LogP contribution in [0.1, 0.15) is 37.7 Å². The van der Waals surface area contributed by atoms with Gasteiger partial charge in [-0.2, -0.15) is 5.26 Å². The zero-order valence-electron chi connectivity index (χ0n) is 16.1. The van der Waals surface area contributed by atoms with Crippen LogP contribution in [-0.4, -0.2) is 59.5 Å². The molecular weight excluding hydrogens is 354 g/mol. The van der Waals surface area contributed by atoms with Crippen LogP contribution in [-0.2, 0) is 11.2 Å². The topological polar surface area (TPSA) is 88.5 Å². The maximum absolute atomic E-state index is 12.3. The molecule has 2 heterocycles. The minimum absolute atomic E-state index is 0.176. The monoisotopic (exact) mass is 381 g/mol. The smallest absolute Gasteiger partial charge is 0.319 e. The number of fused-ring (bicyclic) bond motifs is 1. The van der Waals surface area contributed by atoms with E-state index < -0.39 is 0 Å². The van der Waals surface area contributed by atoms with E-state index in [2.05, 4.69) is 26.5 Å². The van der Waals surface area contributed by atoms with E-state index >= 15 is 0 Å². The molecule has 0 aromatic heterocycles. The van der Waals surface area contributed by atoms with Crippen LogP contribution in [0.4, 0.5) is 10.5 Å². The van der Waals surface area contributed by atoms with E-state index in [-0.39, 0.29) is 12.1 Å². The second-order valence-corrected chi connectivity index (χ2v) is 8.07. The predicted octanol–water partition coefficient (Wildman–Crippen LogP) is 2.10. The first-order chi connectivity index (χ1) is 13.6. The van der Waals surface area contributed by atoms with Gasteiger partial charge in [0.15, 0.2) is 0 Å². The Balaban J connectivity index is 1.24. The minimum atomic E-state index is -0.176. The molecule has 2 saturated heterocycles. The third-order valence-corrected chi connectivity index (χ3v) is 6.28. The summed E-state index contributed by atoms with van der Waals surface area (Å²) in [5.74, 6) is 0.313. The Labute approximate surface area is 165 Å². The molecule has 3 amide bonds. The number of nitriles is 1. The largest absolute Gasteiger partial charge is 0.337 e. The summed E-state index contributed by atoms with van der Waals surface area (Å²) in [6.07, 6.45) is 5.11. The normalized spacial score (nSPS) is 27.3. The Morgan fingerprint density at radius 2 is 1.96 bits per heavy atom. The first kappa shape index (κ1) is 18.8. The number of amides is 3. The second kappa shape index (κ2) is 8.19. The number of nitrogens with one attached hydrogen (secondary N) is 2. The number of urea groups is 1. The van der Waals surface area contributed by atoms with Gasteiger partial charge in [-0.1, -0.05) is 12.1 Å². The van der Waals surface area contributed by atoms with Crippen LogP contribution in [0.5, 0.6) is 0 Å². The molecule has 3 unspecified atom stereocenters. The summed E-state index contributed by atoms with van der Waals surface area (Å²) in [6.45, 7) is 2.77. The van der Waals surface area contributed by atoms with Crippen molar-refractivity contribution >= 4 is 17.6 Å². The molecule has 1 aliphatic carbocycles. The number of piperazine rings is 1. The van der Waals surface area contributed by atoms with E-state index in [0.29, 0.717) is 30.8 Å². The van der Waals surface area contributed by atoms with Gasteiger partial charge in [0.25, 0.3) is 0 Å². The SMILES string of the molecule is N#CCc1ccc(NC(=O)NC2CCC(N3CCN4C(=O)CCC4C3)C2)cc1. The van der Waals surface area contributed by atoms with Crippen LogP contribution in [0, 0.1) is 11.3 Å². The lowest BCUT2D eigenvalue weighted by atomic mass is 10.1. The summed E-state index contributed by atoms with van der Waals surface area (Å²) < 4.78 is 0. The molecule has 2 N–H and O–H groups in total. The lowest BCUT2D eigenvalue weighted by Crippen LogP contribution is -2.54. The molecule has 3 atom stereocenters. The fourth-order valence-corrected chi connectivity index (χ4v) is 4.79. The molecule has 4 rings (SSSR count). The Hall–Kier alpha value is -2.59. The molecule has 1 saturated carbocycles. The van der Waals surface area contributed by atoms with Gasteiger partial charge < -0.3 is 15.5 Å². The number of nitrogens with zero attached hydrogens (tertiary/aromatic N) is 3. The van der Waals surface area contributed by atoms with Crippen LogP contribution in [0.25, 0.3) is 0 Å². The van der Waals surface area contributed by atoms with Gasteiger partial charge in [-0.25, -0.2) is 4.79 Å². The molecule has 0 spiro atoms. The predicted molar refractivity (Wildman–Crippen MR) is 106 cm³/mol. The minimum Gasteiger partial charge on any atom is -0.337 e. The molecule has 3 fully saturated rings. The molecule has 7 heteroatoms. The van der Waals surface area contributed by atoms with Crippen molar-refractivity contribution in [3.05, 3.63) is 29.8 Å². The average molecular weight is 381 g/mol. The van der Waals surface area contributed by atoms with E-state index in [1.165, 1.54) is 0 Å². The van der Waals surface area contributed by atoms with Crippen LogP contribution in [0.15, 0.2) is 24.3 Å². The zero-order chi connectivity index (χ0) is 19.5. The first-order valence-corrected chi connectivity index (χ1v) is 10.2. The van der Waals surface area contributed by atoms with Gasteiger partial charge in [-0.05, 0) is 43.4 Å². The van der Waals surface area contributed by atoms with Crippen molar-refractivity contribution in [1.82, 2.24) is 15.1 Å². The van der Waals surface area contributed by atoms with Crippen molar-refractivity contribution in [3.63, 3.8) is 0 Å². The summed E-state index contributed by atoms with van der Waals surface area (Å²) in [4.78, 5) is 28.7. The van der Waals surface area contributed by atoms with E-state index in [0.717, 1.165) is 56.6 Å². The average Bonchev–Trinajstić information content (AvgIpc) is 3.30. The molecule has 148 valence electrons. The molecule has 0 bridgehead atoms. The van der Waals surface area contributed by atoms with Crippen LogP contribution < -0.4 is 10.6 Å². The Morgan fingerprint density at radius 1 is 1.14 bits per heavy atom. The summed E-state index contributed by atoms with van der Waals surface area (Å²) in [6, 6.07) is 10.4. The molecule has 2 aliphatic heterocycles. The molecule has 0 radical (unpaired) electrons. The molecule has 1 aromatic rings. The highest BCUT2D eigenvalue weighted by atomic mass is 16.2. The van der Waals surface area contributed by atoms with Crippen molar-refractivity contribution in [2.24, 2.45) is 0 Å². The number of hydrogen-bond acceptors (Lipinski definition) is 4. The fraction of sp³-hybridized carbons (Fsp3) is 0.571. The van der Waals surface area contributed by atoms with Crippen molar-refractivity contribution in [2.45, 2.75) is 56.7 Å². The zero-order valence-corrected chi connectivity index (χ0v) is 16.1. The van der Waals surface area contributed by atoms with Gasteiger partial charge in [0.2, 0.25) is 5.91 Å². The van der Waals surface area contributed by atoms with E-state index in [9.17, 15) is 9.59 Å². The highest BCUT2D eigenvalue weighted by Gasteiger charge is 2.39. The van der Waals surface area contributed by atoms with E-state index in [1.807, 2.05) is 24.3 Å². The van der Waals surface area contributed by atoms with Gasteiger partial charge in [0, 0.05) is 49.9 Å². The van der Waals surface area contributed by atoms with Crippen LogP contribution >= 0.6 is 0 Å². The van der Waals surface area contributed by atoms with Gasteiger partial charge >= 0.3 is 6.03 Å². The summed E-state index contributed by atoms with van der Waals surface area (Å²) in [7, 11) is 0. The standard InChI is InChI=1S/C21H27N5O2/c22-10-9-15-1-3-16(4-2-15)23-21(28)24-17-5-6-18(13-17)25-11-12-26-19(14-25)7-8-20(26)27/h1-4,17-19H,5-9,11-14H2,(H2,23,24,28). The van der Waals surface area contributed by atoms with Gasteiger partial charge in [0.05, 0.1) is 12.5 Å². The number of rotatable bonds is 4. The summed E-state index contributed by atoms with van der Waals surface area (Å²) in [5.41, 5.74) is 1.67. The second-order valence-electron chi connectivity index (χ2n) is 8.07. The van der Waals surface area contributed by atoms with Gasteiger partial charge in [-0.3, -0.25) is 9.69 Å². The summed E-state index contributed by atoms with van der Waals surface area (Å²) >= 11 is 0. The molecule has 28 heavy (non-hydrogen) atoms. The summed E-state index contributed by atoms with van der Waals surface area (Å²) in [5, 5.41) is 14.7. The number of benzene rings is 1. The Morgan fingerprint density at radius 3 is 2.75 bits per heavy atom. The van der Waals surface area contributed by atoms with E-state index in [1.54, 1.807) is 0 Å². The third-order valence-electron chi connectivity index (χ3n) is 6.28. The van der Waals surface area contributed by atoms with Gasteiger partial charge in [0.1, 0.15) is 0 Å². The Bertz CT molecular complexity index is 772. The quantitative estimate of drug-likeness (QED) is 0.836. The third kappa shape index (κ3) is 4.12. The lowest BCUT2D eigenvalue weighted by molar-refractivity contribution is -0.131. The highest BCUT2D eigenvalue weighted by molar-refractivity contribution is 5.89. The van der Waals surface area contributed by atoms with E-state index in [4.69, 9.17) is 5.26 Å². The number of anilines is 1. The maximum atomic E-state index is 12.3. The number of carbonyl (C=O) groups is 2. The van der Waals surface area contributed by atoms with Gasteiger partial charge in [-0.15, -0.1) is 0 Å².